The molecule has 1 aliphatic heterocycles. The number of hydrogen-bond acceptors (Lipinski definition) is 2. The average molecular weight is 239 g/mol. The van der Waals surface area contributed by atoms with Crippen LogP contribution in [0.1, 0.15) is 22.3 Å². The average Bonchev–Trinajstić information content (AvgIpc) is 2.90. The third-order valence-corrected chi connectivity index (χ3v) is 4.07. The molecule has 0 radical (unpaired) electrons. The van der Waals surface area contributed by atoms with Crippen molar-refractivity contribution in [1.82, 2.24) is 0 Å². The molecule has 0 amide bonds. The maximum atomic E-state index is 4.39. The molecule has 0 bridgehead atoms. The minimum absolute atomic E-state index is 0.392. The zero-order chi connectivity index (χ0) is 11.5. The molecule has 0 aromatic heterocycles. The van der Waals surface area contributed by atoms with Gasteiger partial charge in [-0.25, -0.2) is 4.40 Å². The van der Waals surface area contributed by atoms with Crippen LogP contribution in [-0.2, 0) is 0 Å². The summed E-state index contributed by atoms with van der Waals surface area (Å²) in [5, 5.41) is 0.415. The Morgan fingerprint density at radius 2 is 1.35 bits per heavy atom. The first-order chi connectivity index (χ1) is 8.45. The highest BCUT2D eigenvalue weighted by Crippen LogP contribution is 2.45. The summed E-state index contributed by atoms with van der Waals surface area (Å²) in [6.45, 7) is 0. The van der Waals surface area contributed by atoms with Crippen molar-refractivity contribution >= 4 is 18.2 Å². The van der Waals surface area contributed by atoms with Gasteiger partial charge in [-0.05, 0) is 23.1 Å². The molecule has 84 valence electrons. The van der Waals surface area contributed by atoms with Crippen LogP contribution in [0.2, 0.25) is 0 Å². The largest absolute Gasteiger partial charge is 0.228 e. The molecule has 3 rings (SSSR count). The smallest absolute Gasteiger partial charge is 0.0634 e. The Balaban J connectivity index is 1.93. The Morgan fingerprint density at radius 1 is 0.765 bits per heavy atom. The molecule has 2 unspecified atom stereocenters. The van der Waals surface area contributed by atoms with Crippen LogP contribution in [0.3, 0.4) is 0 Å². The standard InChI is InChI=1S/C15H13NS/c1-3-7-12(8-4-1)14-11-16-17-15(14)13-9-5-2-6-10-13/h1-11,14-15H. The van der Waals surface area contributed by atoms with Crippen LogP contribution in [0.4, 0.5) is 0 Å². The fraction of sp³-hybridized carbons (Fsp3) is 0.133. The normalized spacial score (nSPS) is 22.8. The molecular formula is C15H13NS. The van der Waals surface area contributed by atoms with E-state index in [9.17, 15) is 0 Å². The molecule has 0 saturated carbocycles. The van der Waals surface area contributed by atoms with Gasteiger partial charge in [0, 0.05) is 12.1 Å². The Bertz CT molecular complexity index is 507. The van der Waals surface area contributed by atoms with Crippen molar-refractivity contribution in [1.29, 1.82) is 0 Å². The van der Waals surface area contributed by atoms with Gasteiger partial charge in [0.05, 0.1) is 5.25 Å². The Hall–Kier alpha value is -1.54. The number of hydrogen-bond donors (Lipinski definition) is 0. The van der Waals surface area contributed by atoms with Crippen molar-refractivity contribution in [3.63, 3.8) is 0 Å². The lowest BCUT2D eigenvalue weighted by molar-refractivity contribution is 0.885. The molecule has 1 aliphatic rings. The summed E-state index contributed by atoms with van der Waals surface area (Å²) in [4.78, 5) is 0. The van der Waals surface area contributed by atoms with E-state index >= 15 is 0 Å². The summed E-state index contributed by atoms with van der Waals surface area (Å²) in [5.41, 5.74) is 2.69. The van der Waals surface area contributed by atoms with Crippen molar-refractivity contribution in [2.75, 3.05) is 0 Å². The third kappa shape index (κ3) is 2.13. The monoisotopic (exact) mass is 239 g/mol. The van der Waals surface area contributed by atoms with E-state index in [0.717, 1.165) is 0 Å². The first kappa shape index (κ1) is 10.6. The summed E-state index contributed by atoms with van der Waals surface area (Å²) < 4.78 is 4.39. The van der Waals surface area contributed by atoms with Gasteiger partial charge < -0.3 is 0 Å². The van der Waals surface area contributed by atoms with Gasteiger partial charge >= 0.3 is 0 Å². The van der Waals surface area contributed by atoms with Gasteiger partial charge in [0.15, 0.2) is 0 Å². The SMILES string of the molecule is C1=NSC(c2ccccc2)C1c1ccccc1. The molecule has 17 heavy (non-hydrogen) atoms. The summed E-state index contributed by atoms with van der Waals surface area (Å²) in [7, 11) is 0. The number of rotatable bonds is 2. The Labute approximate surface area is 106 Å². The second-order valence-electron chi connectivity index (χ2n) is 4.13. The van der Waals surface area contributed by atoms with Gasteiger partial charge in [0.25, 0.3) is 0 Å². The van der Waals surface area contributed by atoms with Crippen LogP contribution in [-0.4, -0.2) is 6.21 Å². The zero-order valence-corrected chi connectivity index (χ0v) is 10.2. The van der Waals surface area contributed by atoms with Crippen LogP contribution < -0.4 is 0 Å². The lowest BCUT2D eigenvalue weighted by atomic mass is 9.92. The maximum absolute atomic E-state index is 4.39. The van der Waals surface area contributed by atoms with E-state index in [-0.39, 0.29) is 0 Å². The molecule has 0 saturated heterocycles. The predicted octanol–water partition coefficient (Wildman–Crippen LogP) is 4.24. The van der Waals surface area contributed by atoms with Crippen molar-refractivity contribution in [3.05, 3.63) is 71.8 Å². The fourth-order valence-corrected chi connectivity index (χ4v) is 3.13. The minimum Gasteiger partial charge on any atom is -0.228 e. The number of nitrogens with zero attached hydrogens (tertiary/aromatic N) is 1. The van der Waals surface area contributed by atoms with E-state index in [4.69, 9.17) is 0 Å². The van der Waals surface area contributed by atoms with E-state index in [1.807, 2.05) is 0 Å². The highest BCUT2D eigenvalue weighted by Gasteiger charge is 2.27. The first-order valence-corrected chi connectivity index (χ1v) is 6.58. The predicted molar refractivity (Wildman–Crippen MR) is 74.4 cm³/mol. The van der Waals surface area contributed by atoms with E-state index in [1.165, 1.54) is 11.1 Å². The highest BCUT2D eigenvalue weighted by atomic mass is 32.2. The Morgan fingerprint density at radius 3 is 2.00 bits per heavy atom. The molecule has 2 aromatic carbocycles. The van der Waals surface area contributed by atoms with Crippen molar-refractivity contribution in [3.8, 4) is 0 Å². The highest BCUT2D eigenvalue weighted by molar-refractivity contribution is 7.98. The fourth-order valence-electron chi connectivity index (χ4n) is 2.16. The molecule has 2 atom stereocenters. The van der Waals surface area contributed by atoms with Crippen LogP contribution in [0.15, 0.2) is 65.1 Å². The van der Waals surface area contributed by atoms with Gasteiger partial charge in [-0.3, -0.25) is 0 Å². The van der Waals surface area contributed by atoms with Crippen molar-refractivity contribution in [2.24, 2.45) is 4.40 Å². The molecule has 0 aliphatic carbocycles. The third-order valence-electron chi connectivity index (χ3n) is 3.03. The second kappa shape index (κ2) is 4.76. The lowest BCUT2D eigenvalue weighted by Crippen LogP contribution is -2.05. The van der Waals surface area contributed by atoms with E-state index in [2.05, 4.69) is 71.3 Å². The van der Waals surface area contributed by atoms with Crippen LogP contribution >= 0.6 is 11.9 Å². The molecule has 1 heterocycles. The molecule has 0 fully saturated rings. The second-order valence-corrected chi connectivity index (χ2v) is 5.06. The first-order valence-electron chi connectivity index (χ1n) is 5.74. The molecule has 2 heteroatoms. The summed E-state index contributed by atoms with van der Waals surface area (Å²) in [6, 6.07) is 21.2. The quantitative estimate of drug-likeness (QED) is 0.714. The van der Waals surface area contributed by atoms with E-state index < -0.39 is 0 Å². The topological polar surface area (TPSA) is 12.4 Å². The van der Waals surface area contributed by atoms with Crippen molar-refractivity contribution in [2.45, 2.75) is 11.2 Å². The van der Waals surface area contributed by atoms with Gasteiger partial charge in [-0.1, -0.05) is 60.7 Å². The molecule has 0 N–H and O–H groups in total. The zero-order valence-electron chi connectivity index (χ0n) is 9.36. The van der Waals surface area contributed by atoms with Gasteiger partial charge in [0.2, 0.25) is 0 Å². The molecule has 0 spiro atoms. The summed E-state index contributed by atoms with van der Waals surface area (Å²) >= 11 is 1.67. The van der Waals surface area contributed by atoms with E-state index in [0.29, 0.717) is 11.2 Å². The lowest BCUT2D eigenvalue weighted by Gasteiger charge is -2.17. The van der Waals surface area contributed by atoms with Crippen molar-refractivity contribution < 1.29 is 0 Å². The molecule has 2 aromatic rings. The van der Waals surface area contributed by atoms with Crippen LogP contribution in [0.25, 0.3) is 0 Å². The van der Waals surface area contributed by atoms with Gasteiger partial charge in [-0.15, -0.1) is 0 Å². The summed E-state index contributed by atoms with van der Waals surface area (Å²) in [6.07, 6.45) is 2.07. The molecular weight excluding hydrogens is 226 g/mol. The van der Waals surface area contributed by atoms with Crippen LogP contribution in [0.5, 0.6) is 0 Å². The minimum atomic E-state index is 0.392. The van der Waals surface area contributed by atoms with Crippen LogP contribution in [0, 0.1) is 0 Å². The van der Waals surface area contributed by atoms with Gasteiger partial charge in [-0.2, -0.15) is 0 Å². The van der Waals surface area contributed by atoms with E-state index in [1.54, 1.807) is 11.9 Å². The Kier molecular flexibility index (Phi) is 2.97. The van der Waals surface area contributed by atoms with Gasteiger partial charge in [0.1, 0.15) is 0 Å². The molecule has 1 nitrogen and oxygen atoms in total. The maximum Gasteiger partial charge on any atom is 0.0634 e. The number of benzene rings is 2. The summed E-state index contributed by atoms with van der Waals surface area (Å²) in [5.74, 6) is 0.392.